The van der Waals surface area contributed by atoms with Crippen LogP contribution >= 0.6 is 0 Å². The predicted molar refractivity (Wildman–Crippen MR) is 46.2 cm³/mol. The average molecular weight is 196 g/mol. The van der Waals surface area contributed by atoms with Crippen molar-refractivity contribution in [3.8, 4) is 0 Å². The lowest BCUT2D eigenvalue weighted by molar-refractivity contribution is -0.151. The van der Waals surface area contributed by atoms with Gasteiger partial charge in [-0.3, -0.25) is 0 Å². The van der Waals surface area contributed by atoms with E-state index in [1.165, 1.54) is 12.4 Å². The van der Waals surface area contributed by atoms with Crippen LogP contribution in [0.1, 0.15) is 5.69 Å². The third-order valence-corrected chi connectivity index (χ3v) is 1.25. The number of nitrogens with one attached hydrogen (secondary N) is 1. The van der Waals surface area contributed by atoms with E-state index in [9.17, 15) is 9.59 Å². The first-order valence-corrected chi connectivity index (χ1v) is 3.74. The first kappa shape index (κ1) is 9.97. The fraction of sp³-hybridized carbons (Fsp3) is 0.125. The number of rotatable bonds is 4. The minimum atomic E-state index is -1.19. The molecule has 0 radical (unpaired) electrons. The highest BCUT2D eigenvalue weighted by Gasteiger charge is 2.01. The molecule has 74 valence electrons. The van der Waals surface area contributed by atoms with Gasteiger partial charge in [0.2, 0.25) is 0 Å². The Kier molecular flexibility index (Phi) is 3.42. The summed E-state index contributed by atoms with van der Waals surface area (Å²) in [7, 11) is 0. The van der Waals surface area contributed by atoms with Gasteiger partial charge in [-0.1, -0.05) is 0 Å². The Bertz CT molecular complexity index is 342. The maximum atomic E-state index is 10.8. The van der Waals surface area contributed by atoms with Gasteiger partial charge in [0.15, 0.2) is 6.61 Å². The van der Waals surface area contributed by atoms with Crippen molar-refractivity contribution in [1.82, 2.24) is 9.97 Å². The van der Waals surface area contributed by atoms with E-state index in [-0.39, 0.29) is 0 Å². The molecule has 0 aliphatic rings. The van der Waals surface area contributed by atoms with Crippen molar-refractivity contribution in [3.05, 3.63) is 24.3 Å². The maximum absolute atomic E-state index is 10.8. The van der Waals surface area contributed by atoms with E-state index < -0.39 is 18.5 Å². The molecule has 0 saturated carbocycles. The molecule has 1 heterocycles. The number of carbonyl (C=O) groups excluding carboxylic acids is 1. The Morgan fingerprint density at radius 1 is 1.64 bits per heavy atom. The smallest absolute Gasteiger partial charge is 0.341 e. The monoisotopic (exact) mass is 196 g/mol. The van der Waals surface area contributed by atoms with Crippen molar-refractivity contribution in [2.45, 2.75) is 0 Å². The number of aliphatic carboxylic acids is 1. The molecule has 1 aromatic rings. The lowest BCUT2D eigenvalue weighted by atomic mass is 10.4. The SMILES string of the molecule is O=C(O)COC(=O)C=Cc1c[nH]cn1. The second kappa shape index (κ2) is 4.80. The van der Waals surface area contributed by atoms with E-state index in [2.05, 4.69) is 14.7 Å². The highest BCUT2D eigenvalue weighted by atomic mass is 16.5. The number of ether oxygens (including phenoxy) is 1. The summed E-state index contributed by atoms with van der Waals surface area (Å²) in [6, 6.07) is 0. The molecule has 0 fully saturated rings. The van der Waals surface area contributed by atoms with E-state index in [1.54, 1.807) is 6.20 Å². The molecule has 0 amide bonds. The molecule has 0 aliphatic carbocycles. The number of aromatic nitrogens is 2. The quantitative estimate of drug-likeness (QED) is 0.524. The molecular formula is C8H8N2O4. The van der Waals surface area contributed by atoms with Crippen molar-refractivity contribution in [2.24, 2.45) is 0 Å². The summed E-state index contributed by atoms with van der Waals surface area (Å²) in [5.41, 5.74) is 0.567. The van der Waals surface area contributed by atoms with Gasteiger partial charge in [-0.15, -0.1) is 0 Å². The number of nitrogens with zero attached hydrogens (tertiary/aromatic N) is 1. The number of carbonyl (C=O) groups is 2. The van der Waals surface area contributed by atoms with Crippen LogP contribution in [0, 0.1) is 0 Å². The third-order valence-electron chi connectivity index (χ3n) is 1.25. The van der Waals surface area contributed by atoms with Crippen LogP contribution in [0.4, 0.5) is 0 Å². The first-order valence-electron chi connectivity index (χ1n) is 3.74. The van der Waals surface area contributed by atoms with Gasteiger partial charge in [0.1, 0.15) is 0 Å². The predicted octanol–water partition coefficient (Wildman–Crippen LogP) is 0.0507. The first-order chi connectivity index (χ1) is 6.68. The summed E-state index contributed by atoms with van der Waals surface area (Å²) in [6.45, 7) is -0.635. The highest BCUT2D eigenvalue weighted by Crippen LogP contribution is 1.94. The van der Waals surface area contributed by atoms with Crippen molar-refractivity contribution >= 4 is 18.0 Å². The Labute approximate surface area is 79.2 Å². The Balaban J connectivity index is 2.37. The summed E-state index contributed by atoms with van der Waals surface area (Å²) in [4.78, 5) is 27.4. The molecule has 0 bridgehead atoms. The van der Waals surface area contributed by atoms with Crippen LogP contribution in [0.5, 0.6) is 0 Å². The molecule has 6 nitrogen and oxygen atoms in total. The molecule has 0 atom stereocenters. The zero-order valence-electron chi connectivity index (χ0n) is 7.14. The number of H-pyrrole nitrogens is 1. The van der Waals surface area contributed by atoms with Gasteiger partial charge < -0.3 is 14.8 Å². The molecule has 1 aromatic heterocycles. The normalized spacial score (nSPS) is 10.3. The summed E-state index contributed by atoms with van der Waals surface area (Å²) >= 11 is 0. The van der Waals surface area contributed by atoms with Gasteiger partial charge in [0.05, 0.1) is 12.0 Å². The Morgan fingerprint density at radius 2 is 2.43 bits per heavy atom. The summed E-state index contributed by atoms with van der Waals surface area (Å²) < 4.78 is 4.34. The molecule has 14 heavy (non-hydrogen) atoms. The minimum Gasteiger partial charge on any atom is -0.479 e. The lowest BCUT2D eigenvalue weighted by Crippen LogP contribution is -2.10. The fourth-order valence-electron chi connectivity index (χ4n) is 0.697. The standard InChI is InChI=1S/C8H8N2O4/c11-7(12)4-14-8(13)2-1-6-3-9-5-10-6/h1-3,5H,4H2,(H,9,10)(H,11,12). The number of esters is 1. The van der Waals surface area contributed by atoms with E-state index >= 15 is 0 Å². The van der Waals surface area contributed by atoms with Gasteiger partial charge in [0, 0.05) is 12.3 Å². The van der Waals surface area contributed by atoms with Crippen molar-refractivity contribution in [2.75, 3.05) is 6.61 Å². The number of hydrogen-bond acceptors (Lipinski definition) is 4. The van der Waals surface area contributed by atoms with Gasteiger partial charge >= 0.3 is 11.9 Å². The molecule has 2 N–H and O–H groups in total. The molecule has 0 aromatic carbocycles. The average Bonchev–Trinajstić information content (AvgIpc) is 2.63. The largest absolute Gasteiger partial charge is 0.479 e. The number of aromatic amines is 1. The van der Waals surface area contributed by atoms with Crippen molar-refractivity contribution in [3.63, 3.8) is 0 Å². The van der Waals surface area contributed by atoms with Crippen LogP contribution in [-0.2, 0) is 14.3 Å². The Morgan fingerprint density at radius 3 is 3.00 bits per heavy atom. The van der Waals surface area contributed by atoms with Crippen LogP contribution in [0.3, 0.4) is 0 Å². The topological polar surface area (TPSA) is 92.3 Å². The van der Waals surface area contributed by atoms with Crippen LogP contribution in [-0.4, -0.2) is 33.6 Å². The third kappa shape index (κ3) is 3.53. The molecule has 0 aliphatic heterocycles. The van der Waals surface area contributed by atoms with Crippen LogP contribution in [0.25, 0.3) is 6.08 Å². The molecule has 1 rings (SSSR count). The molecule has 0 unspecified atom stereocenters. The maximum Gasteiger partial charge on any atom is 0.341 e. The van der Waals surface area contributed by atoms with Crippen molar-refractivity contribution in [1.29, 1.82) is 0 Å². The van der Waals surface area contributed by atoms with Gasteiger partial charge in [-0.05, 0) is 6.08 Å². The summed E-state index contributed by atoms with van der Waals surface area (Å²) in [5.74, 6) is -1.90. The number of imidazole rings is 1. The molecule has 6 heteroatoms. The van der Waals surface area contributed by atoms with Crippen LogP contribution < -0.4 is 0 Å². The van der Waals surface area contributed by atoms with E-state index in [0.717, 1.165) is 6.08 Å². The zero-order valence-corrected chi connectivity index (χ0v) is 7.14. The number of hydrogen-bond donors (Lipinski definition) is 2. The summed E-state index contributed by atoms with van der Waals surface area (Å²) in [6.07, 6.45) is 5.57. The summed E-state index contributed by atoms with van der Waals surface area (Å²) in [5, 5.41) is 8.20. The van der Waals surface area contributed by atoms with E-state index in [4.69, 9.17) is 5.11 Å². The van der Waals surface area contributed by atoms with Gasteiger partial charge in [-0.2, -0.15) is 0 Å². The second-order valence-electron chi connectivity index (χ2n) is 2.33. The van der Waals surface area contributed by atoms with Crippen molar-refractivity contribution < 1.29 is 19.4 Å². The molecule has 0 spiro atoms. The molecule has 0 saturated heterocycles. The van der Waals surface area contributed by atoms with Crippen LogP contribution in [0.15, 0.2) is 18.6 Å². The fourth-order valence-corrected chi connectivity index (χ4v) is 0.697. The van der Waals surface area contributed by atoms with E-state index in [0.29, 0.717) is 5.69 Å². The zero-order chi connectivity index (χ0) is 10.4. The van der Waals surface area contributed by atoms with Gasteiger partial charge in [-0.25, -0.2) is 14.6 Å². The molecular weight excluding hydrogens is 188 g/mol. The number of carboxylic acid groups (broad SMARTS) is 1. The second-order valence-corrected chi connectivity index (χ2v) is 2.33. The van der Waals surface area contributed by atoms with Crippen LogP contribution in [0.2, 0.25) is 0 Å². The number of carboxylic acids is 1. The Hall–Kier alpha value is -2.11. The minimum absolute atomic E-state index is 0.567. The van der Waals surface area contributed by atoms with E-state index in [1.807, 2.05) is 0 Å². The van der Waals surface area contributed by atoms with Gasteiger partial charge in [0.25, 0.3) is 0 Å². The lowest BCUT2D eigenvalue weighted by Gasteiger charge is -1.94. The highest BCUT2D eigenvalue weighted by molar-refractivity contribution is 5.88.